The van der Waals surface area contributed by atoms with Crippen molar-refractivity contribution in [3.05, 3.63) is 56.6 Å². The number of benzene rings is 1. The van der Waals surface area contributed by atoms with Gasteiger partial charge in [-0.25, -0.2) is 4.98 Å². The quantitative estimate of drug-likeness (QED) is 0.731. The third kappa shape index (κ3) is 3.10. The van der Waals surface area contributed by atoms with Gasteiger partial charge < -0.3 is 0 Å². The summed E-state index contributed by atoms with van der Waals surface area (Å²) in [5.41, 5.74) is 3.90. The lowest BCUT2D eigenvalue weighted by Crippen LogP contribution is -2.11. The fourth-order valence-electron chi connectivity index (χ4n) is 2.21. The first-order chi connectivity index (χ1) is 10.5. The van der Waals surface area contributed by atoms with E-state index in [1.165, 1.54) is 16.9 Å². The molecule has 0 aliphatic carbocycles. The first-order valence-corrected chi connectivity index (χ1v) is 8.63. The van der Waals surface area contributed by atoms with Crippen molar-refractivity contribution < 1.29 is 4.79 Å². The van der Waals surface area contributed by atoms with Crippen molar-refractivity contribution in [2.75, 3.05) is 5.32 Å². The van der Waals surface area contributed by atoms with Crippen LogP contribution in [0.2, 0.25) is 0 Å². The third-order valence-electron chi connectivity index (χ3n) is 3.36. The molecular weight excluding hydrogens is 312 g/mol. The lowest BCUT2D eigenvalue weighted by atomic mass is 10.1. The van der Waals surface area contributed by atoms with Crippen LogP contribution in [0, 0.1) is 20.8 Å². The van der Waals surface area contributed by atoms with Crippen LogP contribution in [0.1, 0.15) is 25.7 Å². The van der Waals surface area contributed by atoms with Gasteiger partial charge in [0, 0.05) is 20.7 Å². The molecule has 0 spiro atoms. The molecular formula is C17H16N2OS2. The number of hydrogen-bond donors (Lipinski definition) is 1. The summed E-state index contributed by atoms with van der Waals surface area (Å²) in [4.78, 5) is 19.0. The molecule has 1 aromatic carbocycles. The lowest BCUT2D eigenvalue weighted by molar-refractivity contribution is 0.102. The van der Waals surface area contributed by atoms with Crippen LogP contribution in [0.4, 0.5) is 5.13 Å². The third-order valence-corrected chi connectivity index (χ3v) is 5.08. The zero-order valence-corrected chi connectivity index (χ0v) is 14.3. The molecule has 0 radical (unpaired) electrons. The van der Waals surface area contributed by atoms with Gasteiger partial charge in [0.15, 0.2) is 5.13 Å². The van der Waals surface area contributed by atoms with Crippen molar-refractivity contribution in [2.24, 2.45) is 0 Å². The predicted octanol–water partition coefficient (Wildman–Crippen LogP) is 5.05. The van der Waals surface area contributed by atoms with Crippen molar-refractivity contribution in [1.29, 1.82) is 0 Å². The van der Waals surface area contributed by atoms with E-state index in [-0.39, 0.29) is 5.91 Å². The number of aryl methyl sites for hydroxylation is 3. The van der Waals surface area contributed by atoms with E-state index in [2.05, 4.69) is 29.4 Å². The Balaban J connectivity index is 1.78. The molecule has 0 bridgehead atoms. The van der Waals surface area contributed by atoms with Gasteiger partial charge in [-0.3, -0.25) is 10.1 Å². The van der Waals surface area contributed by atoms with Gasteiger partial charge in [-0.05, 0) is 26.8 Å². The zero-order valence-electron chi connectivity index (χ0n) is 12.6. The van der Waals surface area contributed by atoms with E-state index in [1.807, 2.05) is 37.4 Å². The summed E-state index contributed by atoms with van der Waals surface area (Å²) in [6.07, 6.45) is 0. The number of amides is 1. The predicted molar refractivity (Wildman–Crippen MR) is 94.0 cm³/mol. The van der Waals surface area contributed by atoms with Gasteiger partial charge in [-0.1, -0.05) is 29.8 Å². The number of rotatable bonds is 3. The van der Waals surface area contributed by atoms with Crippen molar-refractivity contribution >= 4 is 33.7 Å². The van der Waals surface area contributed by atoms with Crippen LogP contribution in [0.3, 0.4) is 0 Å². The number of nitrogens with one attached hydrogen (secondary N) is 1. The largest absolute Gasteiger partial charge is 0.298 e. The lowest BCUT2D eigenvalue weighted by Gasteiger charge is -2.00. The second kappa shape index (κ2) is 6.02. The van der Waals surface area contributed by atoms with Crippen LogP contribution >= 0.6 is 22.7 Å². The molecule has 3 nitrogen and oxygen atoms in total. The molecule has 5 heteroatoms. The Bertz CT molecular complexity index is 816. The summed E-state index contributed by atoms with van der Waals surface area (Å²) < 4.78 is 0. The minimum Gasteiger partial charge on any atom is -0.298 e. The van der Waals surface area contributed by atoms with Gasteiger partial charge in [0.05, 0.1) is 11.3 Å². The Hall–Kier alpha value is -1.98. The molecule has 1 N–H and O–H groups in total. The molecule has 22 heavy (non-hydrogen) atoms. The summed E-state index contributed by atoms with van der Waals surface area (Å²) in [6, 6.07) is 10.1. The molecule has 0 aliphatic rings. The highest BCUT2D eigenvalue weighted by atomic mass is 32.1. The topological polar surface area (TPSA) is 42.0 Å². The fraction of sp³-hybridized carbons (Fsp3) is 0.176. The maximum absolute atomic E-state index is 12.3. The van der Waals surface area contributed by atoms with E-state index in [1.54, 1.807) is 11.3 Å². The minimum atomic E-state index is -0.0911. The molecule has 112 valence electrons. The molecule has 2 aromatic heterocycles. The standard InChI is InChI=1S/C17H16N2OS2/c1-10-4-6-13(7-5-10)15-9-21-17(18-15)19-16(20)14-8-11(2)22-12(14)3/h4-9H,1-3H3,(H,18,19,20). The Labute approximate surface area is 137 Å². The normalized spacial score (nSPS) is 10.7. The van der Waals surface area contributed by atoms with Crippen LogP contribution in [0.15, 0.2) is 35.7 Å². The van der Waals surface area contributed by atoms with Gasteiger partial charge in [-0.2, -0.15) is 0 Å². The number of carbonyl (C=O) groups excluding carboxylic acids is 1. The maximum atomic E-state index is 12.3. The Morgan fingerprint density at radius 2 is 1.86 bits per heavy atom. The number of aromatic nitrogens is 1. The van der Waals surface area contributed by atoms with Crippen molar-refractivity contribution in [2.45, 2.75) is 20.8 Å². The molecule has 0 saturated heterocycles. The molecule has 2 heterocycles. The van der Waals surface area contributed by atoms with Crippen LogP contribution in [0.5, 0.6) is 0 Å². The molecule has 1 amide bonds. The van der Waals surface area contributed by atoms with Gasteiger partial charge in [0.1, 0.15) is 0 Å². The average Bonchev–Trinajstić information content (AvgIpc) is 3.06. The first-order valence-electron chi connectivity index (χ1n) is 6.94. The van der Waals surface area contributed by atoms with E-state index in [0.717, 1.165) is 26.6 Å². The van der Waals surface area contributed by atoms with E-state index in [4.69, 9.17) is 0 Å². The molecule has 3 aromatic rings. The summed E-state index contributed by atoms with van der Waals surface area (Å²) in [6.45, 7) is 6.03. The number of carbonyl (C=O) groups is 1. The summed E-state index contributed by atoms with van der Waals surface area (Å²) in [7, 11) is 0. The number of nitrogens with zero attached hydrogens (tertiary/aromatic N) is 1. The molecule has 0 aliphatic heterocycles. The second-order valence-corrected chi connectivity index (χ2v) is 7.50. The second-order valence-electron chi connectivity index (χ2n) is 5.18. The molecule has 0 unspecified atom stereocenters. The van der Waals surface area contributed by atoms with Gasteiger partial charge in [-0.15, -0.1) is 22.7 Å². The van der Waals surface area contributed by atoms with E-state index in [9.17, 15) is 4.79 Å². The van der Waals surface area contributed by atoms with Crippen LogP contribution in [-0.2, 0) is 0 Å². The van der Waals surface area contributed by atoms with Crippen molar-refractivity contribution in [1.82, 2.24) is 4.98 Å². The maximum Gasteiger partial charge on any atom is 0.258 e. The SMILES string of the molecule is Cc1ccc(-c2csc(NC(=O)c3cc(C)sc3C)n2)cc1. The van der Waals surface area contributed by atoms with Gasteiger partial charge in [0.25, 0.3) is 5.91 Å². The average molecular weight is 328 g/mol. The van der Waals surface area contributed by atoms with Gasteiger partial charge in [0.2, 0.25) is 0 Å². The number of thiophene rings is 1. The highest BCUT2D eigenvalue weighted by Crippen LogP contribution is 2.26. The number of anilines is 1. The summed E-state index contributed by atoms with van der Waals surface area (Å²) in [5.74, 6) is -0.0911. The minimum absolute atomic E-state index is 0.0911. The van der Waals surface area contributed by atoms with Crippen LogP contribution in [0.25, 0.3) is 11.3 Å². The molecule has 3 rings (SSSR count). The van der Waals surface area contributed by atoms with E-state index in [0.29, 0.717) is 5.13 Å². The highest BCUT2D eigenvalue weighted by Gasteiger charge is 2.14. The monoisotopic (exact) mass is 328 g/mol. The summed E-state index contributed by atoms with van der Waals surface area (Å²) in [5, 5.41) is 5.48. The molecule has 0 fully saturated rings. The van der Waals surface area contributed by atoms with Crippen LogP contribution in [-0.4, -0.2) is 10.9 Å². The highest BCUT2D eigenvalue weighted by molar-refractivity contribution is 7.14. The van der Waals surface area contributed by atoms with Crippen molar-refractivity contribution in [3.8, 4) is 11.3 Å². The zero-order chi connectivity index (χ0) is 15.7. The smallest absolute Gasteiger partial charge is 0.258 e. The van der Waals surface area contributed by atoms with Crippen molar-refractivity contribution in [3.63, 3.8) is 0 Å². The van der Waals surface area contributed by atoms with Crippen LogP contribution < -0.4 is 5.32 Å². The summed E-state index contributed by atoms with van der Waals surface area (Å²) >= 11 is 3.08. The number of hydrogen-bond acceptors (Lipinski definition) is 4. The Morgan fingerprint density at radius 3 is 2.50 bits per heavy atom. The Kier molecular flexibility index (Phi) is 4.09. The van der Waals surface area contributed by atoms with Gasteiger partial charge >= 0.3 is 0 Å². The first kappa shape index (κ1) is 14.9. The van der Waals surface area contributed by atoms with E-state index < -0.39 is 0 Å². The Morgan fingerprint density at radius 1 is 1.14 bits per heavy atom. The van der Waals surface area contributed by atoms with E-state index >= 15 is 0 Å². The number of thiazole rings is 1. The molecule has 0 saturated carbocycles. The fourth-order valence-corrected chi connectivity index (χ4v) is 3.84. The molecule has 0 atom stereocenters.